The lowest BCUT2D eigenvalue weighted by Crippen LogP contribution is -1.99. The largest absolute Gasteiger partial charge is 0.422 e. The van der Waals surface area contributed by atoms with Gasteiger partial charge in [0.15, 0.2) is 0 Å². The zero-order chi connectivity index (χ0) is 12.0. The van der Waals surface area contributed by atoms with Gasteiger partial charge in [-0.25, -0.2) is 4.79 Å². The van der Waals surface area contributed by atoms with Gasteiger partial charge in [-0.1, -0.05) is 12.1 Å². The standard InChI is InChI=1S/C13H8N2O2/c1-15-8(7-14)6-10-12(15)9-4-2-3-5-11(9)17-13(10)16/h2-6H,1H3. The summed E-state index contributed by atoms with van der Waals surface area (Å²) in [6, 6.07) is 10.9. The van der Waals surface area contributed by atoms with Crippen LogP contribution in [0.3, 0.4) is 0 Å². The van der Waals surface area contributed by atoms with Crippen LogP contribution < -0.4 is 5.63 Å². The van der Waals surface area contributed by atoms with E-state index in [1.807, 2.05) is 18.2 Å². The molecule has 0 spiro atoms. The molecule has 0 amide bonds. The average molecular weight is 224 g/mol. The summed E-state index contributed by atoms with van der Waals surface area (Å²) < 4.78 is 6.93. The van der Waals surface area contributed by atoms with Crippen LogP contribution in [0.15, 0.2) is 39.5 Å². The van der Waals surface area contributed by atoms with Crippen LogP contribution in [0.4, 0.5) is 0 Å². The maximum Gasteiger partial charge on any atom is 0.345 e. The van der Waals surface area contributed by atoms with Crippen LogP contribution >= 0.6 is 0 Å². The molecule has 17 heavy (non-hydrogen) atoms. The molecule has 4 heteroatoms. The molecule has 1 aromatic carbocycles. The highest BCUT2D eigenvalue weighted by atomic mass is 16.4. The number of aromatic nitrogens is 1. The Bertz CT molecular complexity index is 834. The molecule has 0 aliphatic rings. The predicted octanol–water partition coefficient (Wildman–Crippen LogP) is 2.16. The van der Waals surface area contributed by atoms with E-state index in [4.69, 9.17) is 9.68 Å². The summed E-state index contributed by atoms with van der Waals surface area (Å²) in [6.45, 7) is 0. The smallest absolute Gasteiger partial charge is 0.345 e. The van der Waals surface area contributed by atoms with Gasteiger partial charge in [-0.2, -0.15) is 5.26 Å². The van der Waals surface area contributed by atoms with Gasteiger partial charge in [0.25, 0.3) is 0 Å². The Kier molecular flexibility index (Phi) is 1.83. The first kappa shape index (κ1) is 9.67. The first-order valence-electron chi connectivity index (χ1n) is 5.14. The Labute approximate surface area is 96.3 Å². The monoisotopic (exact) mass is 224 g/mol. The summed E-state index contributed by atoms with van der Waals surface area (Å²) in [7, 11) is 1.77. The van der Waals surface area contributed by atoms with Gasteiger partial charge in [0.2, 0.25) is 0 Å². The van der Waals surface area contributed by atoms with Crippen molar-refractivity contribution in [2.24, 2.45) is 7.05 Å². The van der Waals surface area contributed by atoms with Crippen molar-refractivity contribution in [1.82, 2.24) is 4.57 Å². The van der Waals surface area contributed by atoms with Gasteiger partial charge in [0.1, 0.15) is 17.3 Å². The zero-order valence-corrected chi connectivity index (χ0v) is 9.10. The minimum atomic E-state index is -0.407. The highest BCUT2D eigenvalue weighted by Gasteiger charge is 2.13. The normalized spacial score (nSPS) is 10.8. The number of rotatable bonds is 0. The molecule has 0 fully saturated rings. The van der Waals surface area contributed by atoms with E-state index in [-0.39, 0.29) is 0 Å². The van der Waals surface area contributed by atoms with Gasteiger partial charge in [-0.3, -0.25) is 0 Å². The maximum atomic E-state index is 11.8. The van der Waals surface area contributed by atoms with Crippen molar-refractivity contribution >= 4 is 21.9 Å². The number of nitrogens with zero attached hydrogens (tertiary/aromatic N) is 2. The molecular weight excluding hydrogens is 216 g/mol. The van der Waals surface area contributed by atoms with Crippen molar-refractivity contribution in [3.63, 3.8) is 0 Å². The molecule has 3 rings (SSSR count). The Morgan fingerprint density at radius 3 is 2.82 bits per heavy atom. The molecule has 0 atom stereocenters. The molecule has 0 bridgehead atoms. The average Bonchev–Trinajstić information content (AvgIpc) is 2.68. The highest BCUT2D eigenvalue weighted by Crippen LogP contribution is 2.24. The number of hydrogen-bond donors (Lipinski definition) is 0. The third-order valence-corrected chi connectivity index (χ3v) is 2.91. The van der Waals surface area contributed by atoms with E-state index in [9.17, 15) is 4.79 Å². The SMILES string of the molecule is Cn1c(C#N)cc2c(=O)oc3ccccc3c21. The number of fused-ring (bicyclic) bond motifs is 3. The molecular formula is C13H8N2O2. The Morgan fingerprint density at radius 2 is 2.06 bits per heavy atom. The number of aryl methyl sites for hydroxylation is 1. The molecule has 2 aromatic heterocycles. The van der Waals surface area contributed by atoms with E-state index in [2.05, 4.69) is 6.07 Å². The lowest BCUT2D eigenvalue weighted by molar-refractivity contribution is 0.569. The molecule has 0 aliphatic carbocycles. The summed E-state index contributed by atoms with van der Waals surface area (Å²) in [5, 5.41) is 10.3. The summed E-state index contributed by atoms with van der Waals surface area (Å²) in [4.78, 5) is 11.8. The fraction of sp³-hybridized carbons (Fsp3) is 0.0769. The highest BCUT2D eigenvalue weighted by molar-refractivity contribution is 6.03. The summed E-state index contributed by atoms with van der Waals surface area (Å²) >= 11 is 0. The van der Waals surface area contributed by atoms with Crippen molar-refractivity contribution in [3.8, 4) is 6.07 Å². The molecule has 0 saturated heterocycles. The predicted molar refractivity (Wildman–Crippen MR) is 63.7 cm³/mol. The lowest BCUT2D eigenvalue weighted by Gasteiger charge is -2.01. The third-order valence-electron chi connectivity index (χ3n) is 2.91. The van der Waals surface area contributed by atoms with Crippen LogP contribution in [0.5, 0.6) is 0 Å². The summed E-state index contributed by atoms with van der Waals surface area (Å²) in [5.74, 6) is 0. The van der Waals surface area contributed by atoms with E-state index in [1.54, 1.807) is 23.7 Å². The van der Waals surface area contributed by atoms with Gasteiger partial charge in [-0.15, -0.1) is 0 Å². The second-order valence-electron chi connectivity index (χ2n) is 3.85. The van der Waals surface area contributed by atoms with Crippen LogP contribution in [0.25, 0.3) is 21.9 Å². The van der Waals surface area contributed by atoms with Gasteiger partial charge in [0.05, 0.1) is 10.9 Å². The van der Waals surface area contributed by atoms with E-state index in [1.165, 1.54) is 0 Å². The van der Waals surface area contributed by atoms with Crippen molar-refractivity contribution in [2.45, 2.75) is 0 Å². The second-order valence-corrected chi connectivity index (χ2v) is 3.85. The van der Waals surface area contributed by atoms with E-state index in [0.29, 0.717) is 16.7 Å². The third kappa shape index (κ3) is 1.20. The van der Waals surface area contributed by atoms with Gasteiger partial charge < -0.3 is 8.98 Å². The second kappa shape index (κ2) is 3.22. The van der Waals surface area contributed by atoms with Crippen molar-refractivity contribution in [2.75, 3.05) is 0 Å². The van der Waals surface area contributed by atoms with Gasteiger partial charge in [0, 0.05) is 12.4 Å². The molecule has 0 N–H and O–H groups in total. The Hall–Kier alpha value is -2.54. The minimum absolute atomic E-state index is 0.407. The van der Waals surface area contributed by atoms with E-state index >= 15 is 0 Å². The van der Waals surface area contributed by atoms with Gasteiger partial charge in [-0.05, 0) is 18.2 Å². The summed E-state index contributed by atoms with van der Waals surface area (Å²) in [5.41, 5.74) is 1.32. The van der Waals surface area contributed by atoms with Crippen LogP contribution in [-0.2, 0) is 7.05 Å². The zero-order valence-electron chi connectivity index (χ0n) is 9.10. The molecule has 4 nitrogen and oxygen atoms in total. The number of nitriles is 1. The lowest BCUT2D eigenvalue weighted by atomic mass is 10.2. The molecule has 0 saturated carbocycles. The van der Waals surface area contributed by atoms with Crippen LogP contribution in [0.2, 0.25) is 0 Å². The Balaban J connectivity index is 2.70. The minimum Gasteiger partial charge on any atom is -0.422 e. The van der Waals surface area contributed by atoms with Crippen molar-refractivity contribution < 1.29 is 4.42 Å². The summed E-state index contributed by atoms with van der Waals surface area (Å²) in [6.07, 6.45) is 0. The van der Waals surface area contributed by atoms with Gasteiger partial charge >= 0.3 is 5.63 Å². The molecule has 3 aromatic rings. The maximum absolute atomic E-state index is 11.8. The Morgan fingerprint density at radius 1 is 1.29 bits per heavy atom. The molecule has 0 radical (unpaired) electrons. The molecule has 82 valence electrons. The fourth-order valence-electron chi connectivity index (χ4n) is 2.10. The van der Waals surface area contributed by atoms with Crippen LogP contribution in [0, 0.1) is 11.3 Å². The van der Waals surface area contributed by atoms with Crippen LogP contribution in [-0.4, -0.2) is 4.57 Å². The van der Waals surface area contributed by atoms with E-state index in [0.717, 1.165) is 10.9 Å². The number of hydrogen-bond acceptors (Lipinski definition) is 3. The quantitative estimate of drug-likeness (QED) is 0.550. The fourth-order valence-corrected chi connectivity index (χ4v) is 2.10. The van der Waals surface area contributed by atoms with E-state index < -0.39 is 5.63 Å². The molecule has 0 aliphatic heterocycles. The van der Waals surface area contributed by atoms with Crippen LogP contribution in [0.1, 0.15) is 5.69 Å². The number of para-hydroxylation sites is 1. The molecule has 2 heterocycles. The first-order chi connectivity index (χ1) is 8.22. The first-order valence-corrected chi connectivity index (χ1v) is 5.14. The molecule has 0 unspecified atom stereocenters. The van der Waals surface area contributed by atoms with Crippen molar-refractivity contribution in [1.29, 1.82) is 5.26 Å². The number of benzene rings is 1. The topological polar surface area (TPSA) is 58.9 Å². The van der Waals surface area contributed by atoms with Crippen molar-refractivity contribution in [3.05, 3.63) is 46.4 Å².